The number of hydrogen-bond acceptors (Lipinski definition) is 4. The molecule has 0 aliphatic carbocycles. The summed E-state index contributed by atoms with van der Waals surface area (Å²) in [7, 11) is 0. The Morgan fingerprint density at radius 1 is 1.35 bits per heavy atom. The van der Waals surface area contributed by atoms with E-state index >= 15 is 0 Å². The van der Waals surface area contributed by atoms with Crippen molar-refractivity contribution in [2.45, 2.75) is 33.7 Å². The van der Waals surface area contributed by atoms with Crippen LogP contribution in [0.5, 0.6) is 5.75 Å². The maximum atomic E-state index is 12.2. The van der Waals surface area contributed by atoms with Crippen LogP contribution in [0.1, 0.15) is 32.8 Å². The van der Waals surface area contributed by atoms with Crippen molar-refractivity contribution < 1.29 is 14.3 Å². The zero-order valence-corrected chi connectivity index (χ0v) is 12.1. The number of carbonyl (C=O) groups is 2. The minimum Gasteiger partial charge on any atom is -0.494 e. The molecule has 0 radical (unpaired) electrons. The van der Waals surface area contributed by atoms with Crippen molar-refractivity contribution in [2.75, 3.05) is 12.3 Å². The van der Waals surface area contributed by atoms with E-state index < -0.39 is 5.41 Å². The zero-order valence-electron chi connectivity index (χ0n) is 12.1. The number of nitrogen functional groups attached to an aromatic ring is 1. The average molecular weight is 276 g/mol. The van der Waals surface area contributed by atoms with Gasteiger partial charge >= 0.3 is 0 Å². The molecule has 1 fully saturated rings. The summed E-state index contributed by atoms with van der Waals surface area (Å²) in [5.41, 5.74) is 6.50. The molecule has 0 unspecified atom stereocenters. The van der Waals surface area contributed by atoms with Crippen LogP contribution in [0.2, 0.25) is 0 Å². The van der Waals surface area contributed by atoms with E-state index in [9.17, 15) is 9.59 Å². The Bertz CT molecular complexity index is 552. The molecular formula is C15H20N2O3. The van der Waals surface area contributed by atoms with Crippen LogP contribution in [0.3, 0.4) is 0 Å². The third-order valence-corrected chi connectivity index (χ3v) is 3.43. The smallest absolute Gasteiger partial charge is 0.235 e. The van der Waals surface area contributed by atoms with Crippen LogP contribution < -0.4 is 10.5 Å². The Morgan fingerprint density at radius 3 is 2.60 bits per heavy atom. The maximum absolute atomic E-state index is 12.2. The van der Waals surface area contributed by atoms with Crippen molar-refractivity contribution in [3.63, 3.8) is 0 Å². The van der Waals surface area contributed by atoms with Gasteiger partial charge in [0.2, 0.25) is 11.8 Å². The lowest BCUT2D eigenvalue weighted by atomic mass is 9.92. The number of ether oxygens (including phenoxy) is 1. The highest BCUT2D eigenvalue weighted by Gasteiger charge is 2.44. The fourth-order valence-corrected chi connectivity index (χ4v) is 2.38. The Labute approximate surface area is 118 Å². The topological polar surface area (TPSA) is 72.6 Å². The number of carbonyl (C=O) groups excluding carboxylic acids is 2. The fourth-order valence-electron chi connectivity index (χ4n) is 2.38. The molecule has 0 atom stereocenters. The van der Waals surface area contributed by atoms with Crippen LogP contribution >= 0.6 is 0 Å². The highest BCUT2D eigenvalue weighted by molar-refractivity contribution is 6.05. The summed E-state index contributed by atoms with van der Waals surface area (Å²) in [5, 5.41) is 0. The summed E-state index contributed by atoms with van der Waals surface area (Å²) in [6.07, 6.45) is 0.248. The van der Waals surface area contributed by atoms with Gasteiger partial charge in [-0.15, -0.1) is 0 Å². The fraction of sp³-hybridized carbons (Fsp3) is 0.467. The molecule has 0 aromatic heterocycles. The quantitative estimate of drug-likeness (QED) is 0.674. The number of anilines is 1. The van der Waals surface area contributed by atoms with Crippen molar-refractivity contribution in [1.82, 2.24) is 4.90 Å². The van der Waals surface area contributed by atoms with Gasteiger partial charge < -0.3 is 10.5 Å². The van der Waals surface area contributed by atoms with Gasteiger partial charge in [-0.1, -0.05) is 13.8 Å². The Hall–Kier alpha value is -2.04. The molecule has 108 valence electrons. The molecule has 2 rings (SSSR count). The normalized spacial score (nSPS) is 17.6. The molecule has 1 heterocycles. The van der Waals surface area contributed by atoms with E-state index in [-0.39, 0.29) is 24.8 Å². The number of benzene rings is 1. The number of imide groups is 1. The van der Waals surface area contributed by atoms with Gasteiger partial charge in [-0.25, -0.2) is 0 Å². The zero-order chi connectivity index (χ0) is 14.9. The Morgan fingerprint density at radius 2 is 2.05 bits per heavy atom. The SMILES string of the molecule is CCOc1ccc(N)cc1CN1C(=O)CC(C)(C)C1=O. The van der Waals surface area contributed by atoms with E-state index in [4.69, 9.17) is 10.5 Å². The molecule has 0 bridgehead atoms. The lowest BCUT2D eigenvalue weighted by Crippen LogP contribution is -2.32. The third kappa shape index (κ3) is 2.61. The van der Waals surface area contributed by atoms with Gasteiger partial charge in [0.1, 0.15) is 5.75 Å². The molecule has 20 heavy (non-hydrogen) atoms. The number of rotatable bonds is 4. The molecule has 0 spiro atoms. The van der Waals surface area contributed by atoms with E-state index in [1.165, 1.54) is 4.90 Å². The summed E-state index contributed by atoms with van der Waals surface area (Å²) in [4.78, 5) is 25.5. The Kier molecular flexibility index (Phi) is 3.70. The van der Waals surface area contributed by atoms with Crippen molar-refractivity contribution in [3.05, 3.63) is 23.8 Å². The minimum atomic E-state index is -0.622. The highest BCUT2D eigenvalue weighted by atomic mass is 16.5. The van der Waals surface area contributed by atoms with E-state index in [1.54, 1.807) is 32.0 Å². The molecule has 1 aliphatic heterocycles. The molecule has 1 aromatic carbocycles. The standard InChI is InChI=1S/C15H20N2O3/c1-4-20-12-6-5-11(16)7-10(12)9-17-13(18)8-15(2,3)14(17)19/h5-7H,4,8-9,16H2,1-3H3. The molecule has 1 aliphatic rings. The molecule has 1 saturated heterocycles. The number of nitrogens with two attached hydrogens (primary N) is 1. The lowest BCUT2D eigenvalue weighted by molar-refractivity contribution is -0.141. The minimum absolute atomic E-state index is 0.146. The first-order valence-electron chi connectivity index (χ1n) is 6.71. The molecule has 5 heteroatoms. The van der Waals surface area contributed by atoms with Crippen LogP contribution in [-0.4, -0.2) is 23.3 Å². The molecule has 5 nitrogen and oxygen atoms in total. The summed E-state index contributed by atoms with van der Waals surface area (Å²) in [6, 6.07) is 5.26. The van der Waals surface area contributed by atoms with Crippen LogP contribution in [0, 0.1) is 5.41 Å². The summed E-state index contributed by atoms with van der Waals surface area (Å²) < 4.78 is 5.52. The predicted molar refractivity (Wildman–Crippen MR) is 76.0 cm³/mol. The second kappa shape index (κ2) is 5.15. The molecule has 2 N–H and O–H groups in total. The predicted octanol–water partition coefficient (Wildman–Crippen LogP) is 1.95. The molecule has 1 aromatic rings. The van der Waals surface area contributed by atoms with Crippen LogP contribution in [0.4, 0.5) is 5.69 Å². The number of hydrogen-bond donors (Lipinski definition) is 1. The number of nitrogens with zero attached hydrogens (tertiary/aromatic N) is 1. The summed E-state index contributed by atoms with van der Waals surface area (Å²) in [5.74, 6) is 0.365. The first kappa shape index (κ1) is 14.4. The second-order valence-corrected chi connectivity index (χ2v) is 5.65. The van der Waals surface area contributed by atoms with Crippen molar-refractivity contribution in [3.8, 4) is 5.75 Å². The molecule has 0 saturated carbocycles. The van der Waals surface area contributed by atoms with E-state index in [2.05, 4.69) is 0 Å². The van der Waals surface area contributed by atoms with Gasteiger partial charge in [-0.2, -0.15) is 0 Å². The lowest BCUT2D eigenvalue weighted by Gasteiger charge is -2.19. The van der Waals surface area contributed by atoms with E-state index in [1.807, 2.05) is 6.92 Å². The van der Waals surface area contributed by atoms with Gasteiger partial charge in [-0.3, -0.25) is 14.5 Å². The third-order valence-electron chi connectivity index (χ3n) is 3.43. The molecular weight excluding hydrogens is 256 g/mol. The van der Waals surface area contributed by atoms with Gasteiger partial charge in [0, 0.05) is 17.7 Å². The number of amides is 2. The van der Waals surface area contributed by atoms with E-state index in [0.717, 1.165) is 5.56 Å². The average Bonchev–Trinajstić information content (AvgIpc) is 2.55. The number of likely N-dealkylation sites (tertiary alicyclic amines) is 1. The van der Waals surface area contributed by atoms with Gasteiger partial charge in [0.05, 0.1) is 18.6 Å². The Balaban J connectivity index is 2.28. The first-order valence-corrected chi connectivity index (χ1v) is 6.71. The van der Waals surface area contributed by atoms with Gasteiger partial charge in [0.25, 0.3) is 0 Å². The monoisotopic (exact) mass is 276 g/mol. The van der Waals surface area contributed by atoms with Gasteiger partial charge in [0.15, 0.2) is 0 Å². The highest BCUT2D eigenvalue weighted by Crippen LogP contribution is 2.34. The van der Waals surface area contributed by atoms with Crippen molar-refractivity contribution >= 4 is 17.5 Å². The largest absolute Gasteiger partial charge is 0.494 e. The molecule has 2 amide bonds. The summed E-state index contributed by atoms with van der Waals surface area (Å²) >= 11 is 0. The van der Waals surface area contributed by atoms with E-state index in [0.29, 0.717) is 18.0 Å². The van der Waals surface area contributed by atoms with Crippen LogP contribution in [0.15, 0.2) is 18.2 Å². The van der Waals surface area contributed by atoms with Crippen molar-refractivity contribution in [1.29, 1.82) is 0 Å². The van der Waals surface area contributed by atoms with Crippen molar-refractivity contribution in [2.24, 2.45) is 5.41 Å². The second-order valence-electron chi connectivity index (χ2n) is 5.65. The van der Waals surface area contributed by atoms with Crippen LogP contribution in [-0.2, 0) is 16.1 Å². The first-order chi connectivity index (χ1) is 9.35. The van der Waals surface area contributed by atoms with Crippen LogP contribution in [0.25, 0.3) is 0 Å². The van der Waals surface area contributed by atoms with Gasteiger partial charge in [-0.05, 0) is 25.1 Å². The summed E-state index contributed by atoms with van der Waals surface area (Å²) in [6.45, 7) is 6.19. The maximum Gasteiger partial charge on any atom is 0.235 e.